The Morgan fingerprint density at radius 1 is 1.13 bits per heavy atom. The summed E-state index contributed by atoms with van der Waals surface area (Å²) in [5, 5.41) is 0. The first kappa shape index (κ1) is 15.1. The molecule has 0 saturated carbocycles. The molecule has 0 N–H and O–H groups in total. The van der Waals surface area contributed by atoms with Crippen molar-refractivity contribution < 1.29 is 17.9 Å². The van der Waals surface area contributed by atoms with Crippen LogP contribution in [0.25, 0.3) is 0 Å². The largest absolute Gasteiger partial charge is 0.415 e. The summed E-state index contributed by atoms with van der Waals surface area (Å²) in [7, 11) is -2.36. The molecule has 1 aliphatic carbocycles. The van der Waals surface area contributed by atoms with Gasteiger partial charge >= 0.3 is 6.09 Å². The number of fused-ring (bicyclic) bond motifs is 1. The van der Waals surface area contributed by atoms with E-state index in [1.165, 1.54) is 0 Å². The minimum atomic E-state index is -1.18. The van der Waals surface area contributed by atoms with Crippen molar-refractivity contribution in [2.24, 2.45) is 5.92 Å². The second-order valence-electron chi connectivity index (χ2n) is 6.04. The van der Waals surface area contributed by atoms with Crippen LogP contribution in [0.15, 0.2) is 42.5 Å². The second-order valence-corrected chi connectivity index (χ2v) is 9.95. The third-order valence-corrected chi connectivity index (χ3v) is 9.62. The Bertz CT molecular complexity index is 702. The third kappa shape index (κ3) is 2.29. The van der Waals surface area contributed by atoms with Crippen LogP contribution in [0.5, 0.6) is 5.75 Å². The van der Waals surface area contributed by atoms with E-state index in [0.717, 1.165) is 0 Å². The van der Waals surface area contributed by atoms with Gasteiger partial charge in [0.05, 0.1) is 6.04 Å². The molecular weight excluding hydrogens is 334 g/mol. The summed E-state index contributed by atoms with van der Waals surface area (Å²) < 4.78 is 29.8. The highest BCUT2D eigenvalue weighted by Crippen LogP contribution is 2.46. The van der Waals surface area contributed by atoms with E-state index in [4.69, 9.17) is 4.74 Å². The molecular formula is C16H17NO4S2. The Hall–Kier alpha value is -1.47. The zero-order valence-electron chi connectivity index (χ0n) is 12.4. The number of carbonyl (C=O) groups is 1. The number of carbonyl (C=O) groups excluding carboxylic acids is 1. The average Bonchev–Trinajstić information content (AvgIpc) is 2.85. The summed E-state index contributed by atoms with van der Waals surface area (Å²) in [6, 6.07) is 8.48. The van der Waals surface area contributed by atoms with Crippen LogP contribution in [0.1, 0.15) is 6.42 Å². The van der Waals surface area contributed by atoms with Crippen LogP contribution < -0.4 is 4.74 Å². The molecule has 1 unspecified atom stereocenters. The first-order valence-electron chi connectivity index (χ1n) is 7.60. The second kappa shape index (κ2) is 5.56. The van der Waals surface area contributed by atoms with Gasteiger partial charge < -0.3 is 4.74 Å². The summed E-state index contributed by atoms with van der Waals surface area (Å²) >= 11 is 0. The maximum atomic E-state index is 12.6. The Labute approximate surface area is 139 Å². The van der Waals surface area contributed by atoms with Crippen molar-refractivity contribution in [2.75, 3.05) is 18.1 Å². The first-order valence-corrected chi connectivity index (χ1v) is 10.2. The van der Waals surface area contributed by atoms with Crippen LogP contribution in [0.4, 0.5) is 4.79 Å². The maximum Gasteiger partial charge on any atom is 0.415 e. The topological polar surface area (TPSA) is 63.7 Å². The zero-order chi connectivity index (χ0) is 16.0. The normalized spacial score (nSPS) is 38.2. The van der Waals surface area contributed by atoms with Crippen molar-refractivity contribution in [1.82, 2.24) is 4.90 Å². The molecule has 1 aromatic carbocycles. The summed E-state index contributed by atoms with van der Waals surface area (Å²) in [6.45, 7) is 0.531. The van der Waals surface area contributed by atoms with Crippen LogP contribution in [-0.2, 0) is 21.6 Å². The summed E-state index contributed by atoms with van der Waals surface area (Å²) in [6.07, 6.45) is 4.11. The minimum Gasteiger partial charge on any atom is -0.410 e. The monoisotopic (exact) mass is 351 g/mol. The number of amides is 1. The van der Waals surface area contributed by atoms with Gasteiger partial charge in [0.1, 0.15) is 9.83 Å². The first-order chi connectivity index (χ1) is 11.1. The van der Waals surface area contributed by atoms with Crippen molar-refractivity contribution in [2.45, 2.75) is 16.5 Å². The highest BCUT2D eigenvalue weighted by atomic mass is 32.3. The van der Waals surface area contributed by atoms with E-state index in [9.17, 15) is 13.2 Å². The Balaban J connectivity index is 1.63. The van der Waals surface area contributed by atoms with Crippen LogP contribution >= 0.6 is 0 Å². The molecule has 5 rings (SSSR count). The molecule has 5 atom stereocenters. The summed E-state index contributed by atoms with van der Waals surface area (Å²) in [5.74, 6) is 1.47. The van der Waals surface area contributed by atoms with Crippen molar-refractivity contribution in [3.8, 4) is 5.75 Å². The average molecular weight is 351 g/mol. The molecule has 2 bridgehead atoms. The van der Waals surface area contributed by atoms with Crippen LogP contribution in [0, 0.1) is 5.92 Å². The standard InChI is InChI=1S/C16H17NO4S2/c18-15(21-13-4-2-1-3-5-13)17-11-12-6-7-14(17)16(10-12)22(19)8-9-23(16)20/h1-7,12,14H,8-11H2/t12-,14+,16?,22-,23+/m0/s1. The Morgan fingerprint density at radius 3 is 2.48 bits per heavy atom. The van der Waals surface area contributed by atoms with Gasteiger partial charge in [0.2, 0.25) is 0 Å². The van der Waals surface area contributed by atoms with Crippen LogP contribution in [0.3, 0.4) is 0 Å². The van der Waals surface area contributed by atoms with Crippen molar-refractivity contribution in [3.05, 3.63) is 42.5 Å². The van der Waals surface area contributed by atoms with Gasteiger partial charge in [0.25, 0.3) is 0 Å². The quantitative estimate of drug-likeness (QED) is 0.722. The van der Waals surface area contributed by atoms with Gasteiger partial charge in [-0.1, -0.05) is 30.4 Å². The predicted octanol–water partition coefficient (Wildman–Crippen LogP) is 1.65. The molecule has 3 heterocycles. The maximum absolute atomic E-state index is 12.6. The van der Waals surface area contributed by atoms with E-state index in [-0.39, 0.29) is 5.92 Å². The van der Waals surface area contributed by atoms with Gasteiger partial charge in [0.15, 0.2) is 0 Å². The minimum absolute atomic E-state index is 0.0920. The van der Waals surface area contributed by atoms with Gasteiger partial charge in [-0.15, -0.1) is 0 Å². The van der Waals surface area contributed by atoms with Gasteiger partial charge in [-0.2, -0.15) is 0 Å². The van der Waals surface area contributed by atoms with Crippen molar-refractivity contribution >= 4 is 27.7 Å². The molecule has 0 aromatic heterocycles. The van der Waals surface area contributed by atoms with Crippen LogP contribution in [0.2, 0.25) is 0 Å². The molecule has 3 aliphatic heterocycles. The molecule has 2 fully saturated rings. The number of piperidine rings is 1. The van der Waals surface area contributed by atoms with E-state index in [1.54, 1.807) is 29.2 Å². The van der Waals surface area contributed by atoms with Gasteiger partial charge in [-0.25, -0.2) is 4.79 Å². The number of rotatable bonds is 1. The number of nitrogens with zero attached hydrogens (tertiary/aromatic N) is 1. The lowest BCUT2D eigenvalue weighted by atomic mass is 9.85. The van der Waals surface area contributed by atoms with E-state index < -0.39 is 37.8 Å². The van der Waals surface area contributed by atoms with Gasteiger partial charge in [-0.3, -0.25) is 13.3 Å². The van der Waals surface area contributed by atoms with Crippen molar-refractivity contribution in [3.63, 3.8) is 0 Å². The predicted molar refractivity (Wildman–Crippen MR) is 89.0 cm³/mol. The Kier molecular flexibility index (Phi) is 3.65. The van der Waals surface area contributed by atoms with Gasteiger partial charge in [-0.05, 0) is 24.5 Å². The fourth-order valence-electron chi connectivity index (χ4n) is 3.69. The van der Waals surface area contributed by atoms with E-state index >= 15 is 0 Å². The molecule has 4 aliphatic rings. The molecule has 5 nitrogen and oxygen atoms in total. The lowest BCUT2D eigenvalue weighted by Crippen LogP contribution is -2.64. The number of hydrogen-bond donors (Lipinski definition) is 0. The number of para-hydroxylation sites is 1. The third-order valence-electron chi connectivity index (χ3n) is 4.74. The number of hydrogen-bond acceptors (Lipinski definition) is 4. The molecule has 23 heavy (non-hydrogen) atoms. The SMILES string of the molecule is O=C(Oc1ccccc1)N1C[C@H]2C=C[C@@H]1C1(C2)[S@](=O)CC[S@@]1=O. The lowest BCUT2D eigenvalue weighted by Gasteiger charge is -2.49. The molecule has 7 heteroatoms. The Morgan fingerprint density at radius 2 is 1.83 bits per heavy atom. The molecule has 1 amide bonds. The molecule has 1 spiro atoms. The fraction of sp³-hybridized carbons (Fsp3) is 0.438. The summed E-state index contributed by atoms with van der Waals surface area (Å²) in [5.41, 5.74) is 0. The zero-order valence-corrected chi connectivity index (χ0v) is 14.1. The smallest absolute Gasteiger partial charge is 0.410 e. The van der Waals surface area contributed by atoms with Crippen LogP contribution in [-0.4, -0.2) is 47.6 Å². The fourth-order valence-corrected chi connectivity index (χ4v) is 8.67. The molecule has 2 saturated heterocycles. The summed E-state index contributed by atoms with van der Waals surface area (Å²) in [4.78, 5) is 14.2. The van der Waals surface area contributed by atoms with E-state index in [2.05, 4.69) is 6.08 Å². The highest BCUT2D eigenvalue weighted by molar-refractivity contribution is 8.07. The van der Waals surface area contributed by atoms with Gasteiger partial charge in [0, 0.05) is 39.6 Å². The molecule has 1 aromatic rings. The van der Waals surface area contributed by atoms with Crippen molar-refractivity contribution in [1.29, 1.82) is 0 Å². The number of benzene rings is 1. The highest BCUT2D eigenvalue weighted by Gasteiger charge is 2.60. The molecule has 0 radical (unpaired) electrons. The van der Waals surface area contributed by atoms with E-state index in [1.807, 2.05) is 12.1 Å². The molecule has 122 valence electrons. The van der Waals surface area contributed by atoms with E-state index in [0.29, 0.717) is 30.2 Å². The number of ether oxygens (including phenoxy) is 1. The lowest BCUT2D eigenvalue weighted by molar-refractivity contribution is 0.105.